The van der Waals surface area contributed by atoms with Crippen molar-refractivity contribution < 1.29 is 52.0 Å². The van der Waals surface area contributed by atoms with Crippen LogP contribution in [0, 0.1) is 5.92 Å². The highest BCUT2D eigenvalue weighted by molar-refractivity contribution is 5.90. The molecule has 0 spiro atoms. The first-order chi connectivity index (χ1) is 27.5. The van der Waals surface area contributed by atoms with Gasteiger partial charge < -0.3 is 28.6 Å². The van der Waals surface area contributed by atoms with E-state index in [4.69, 9.17) is 23.7 Å². The van der Waals surface area contributed by atoms with Gasteiger partial charge in [-0.2, -0.15) is 0 Å². The number of ether oxygens (including phenoxy) is 5. The number of hydrogen-bond acceptors (Lipinski definition) is 10. The van der Waals surface area contributed by atoms with Crippen molar-refractivity contribution in [1.29, 1.82) is 0 Å². The van der Waals surface area contributed by atoms with E-state index in [1.807, 2.05) is 38.1 Å². The Bertz CT molecular complexity index is 1550. The molecule has 0 bridgehead atoms. The first-order valence-corrected chi connectivity index (χ1v) is 20.6. The summed E-state index contributed by atoms with van der Waals surface area (Å²) in [6, 6.07) is 4.98. The van der Waals surface area contributed by atoms with Gasteiger partial charge in [-0.3, -0.25) is 9.69 Å². The van der Waals surface area contributed by atoms with E-state index in [-0.39, 0.29) is 25.4 Å². The minimum Gasteiger partial charge on any atom is -0.458 e. The van der Waals surface area contributed by atoms with Crippen LogP contribution >= 0.6 is 0 Å². The number of carbonyl (C=O) groups is 5. The Kier molecular flexibility index (Phi) is 22.4. The zero-order chi connectivity index (χ0) is 45.1. The third-order valence-electron chi connectivity index (χ3n) is 9.11. The normalized spacial score (nSPS) is 15.6. The van der Waals surface area contributed by atoms with Gasteiger partial charge in [0.25, 0.3) is 5.91 Å². The van der Waals surface area contributed by atoms with Gasteiger partial charge in [0.05, 0.1) is 0 Å². The van der Waals surface area contributed by atoms with Crippen LogP contribution in [-0.2, 0) is 49.3 Å². The second kappa shape index (κ2) is 25.2. The number of allylic oxidation sites excluding steroid dienone is 2. The second-order valence-corrected chi connectivity index (χ2v) is 17.0. The summed E-state index contributed by atoms with van der Waals surface area (Å²) in [5.74, 6) is -3.23. The van der Waals surface area contributed by atoms with E-state index < -0.39 is 71.9 Å². The molecular formula is C46H71FN2O10. The van der Waals surface area contributed by atoms with Gasteiger partial charge in [-0.25, -0.2) is 23.6 Å². The van der Waals surface area contributed by atoms with Crippen LogP contribution in [-0.4, -0.2) is 109 Å². The zero-order valence-electron chi connectivity index (χ0n) is 37.6. The lowest BCUT2D eigenvalue weighted by atomic mass is 9.90. The maximum atomic E-state index is 15.2. The minimum atomic E-state index is -1.92. The van der Waals surface area contributed by atoms with Crippen molar-refractivity contribution in [2.24, 2.45) is 5.92 Å². The van der Waals surface area contributed by atoms with Gasteiger partial charge in [-0.1, -0.05) is 89.8 Å². The van der Waals surface area contributed by atoms with Gasteiger partial charge in [0.2, 0.25) is 0 Å². The van der Waals surface area contributed by atoms with Crippen LogP contribution in [0.2, 0.25) is 0 Å². The Hall–Kier alpha value is -4.52. The maximum absolute atomic E-state index is 15.2. The van der Waals surface area contributed by atoms with Gasteiger partial charge >= 0.3 is 24.0 Å². The Morgan fingerprint density at radius 2 is 1.44 bits per heavy atom. The first kappa shape index (κ1) is 52.5. The van der Waals surface area contributed by atoms with Crippen LogP contribution in [0.15, 0.2) is 61.2 Å². The van der Waals surface area contributed by atoms with Crippen LogP contribution < -0.4 is 0 Å². The number of amides is 2. The largest absolute Gasteiger partial charge is 0.458 e. The van der Waals surface area contributed by atoms with E-state index in [0.717, 1.165) is 28.2 Å². The van der Waals surface area contributed by atoms with E-state index in [1.165, 1.54) is 53.4 Å². The van der Waals surface area contributed by atoms with Gasteiger partial charge in [0.1, 0.15) is 30.0 Å². The average molecular weight is 831 g/mol. The molecule has 1 aliphatic heterocycles. The van der Waals surface area contributed by atoms with Gasteiger partial charge in [-0.15, -0.1) is 0 Å². The molecule has 0 radical (unpaired) electrons. The summed E-state index contributed by atoms with van der Waals surface area (Å²) in [6.07, 6.45) is 3.56. The van der Waals surface area contributed by atoms with E-state index in [9.17, 15) is 24.0 Å². The summed E-state index contributed by atoms with van der Waals surface area (Å²) in [4.78, 5) is 70.1. The number of rotatable bonds is 19. The van der Waals surface area contributed by atoms with Crippen molar-refractivity contribution in [2.75, 3.05) is 33.9 Å². The maximum Gasteiger partial charge on any atom is 0.410 e. The average Bonchev–Trinajstić information content (AvgIpc) is 3.16. The molecule has 1 aromatic carbocycles. The molecule has 332 valence electrons. The molecule has 1 fully saturated rings. The highest BCUT2D eigenvalue weighted by Gasteiger charge is 2.41. The van der Waals surface area contributed by atoms with Crippen LogP contribution in [0.25, 0.3) is 0 Å². The molecule has 1 heterocycles. The molecule has 0 saturated carbocycles. The molecule has 2 amide bonds. The molecule has 13 heteroatoms. The number of carbonyl (C=O) groups excluding carboxylic acids is 5. The standard InChI is InChI=1S/C43H63FN2O10.C3H8/c1-13-15-30(14-2)27-53-38(48)29(5)54-39(49)34(24-28(3)4)45(11)37(47)36(25-31-16-18-32(19-17-31)33-20-22-52-23-21-33)55-40(50)35(26-43(9,10)44)46(12)41(51)56-42(6,7)8;1-3-2/h13-19,28-29,33-36H,1-2,20-27H2,3-12H3;3H2,1-2H3/b30-15+;. The van der Waals surface area contributed by atoms with Crippen molar-refractivity contribution in [3.8, 4) is 0 Å². The summed E-state index contributed by atoms with van der Waals surface area (Å²) < 4.78 is 42.9. The van der Waals surface area contributed by atoms with Gasteiger partial charge in [0, 0.05) is 40.2 Å². The summed E-state index contributed by atoms with van der Waals surface area (Å²) in [5.41, 5.74) is -0.470. The predicted molar refractivity (Wildman–Crippen MR) is 227 cm³/mol. The fourth-order valence-electron chi connectivity index (χ4n) is 6.01. The van der Waals surface area contributed by atoms with Crippen molar-refractivity contribution in [3.05, 3.63) is 72.4 Å². The molecule has 12 nitrogen and oxygen atoms in total. The summed E-state index contributed by atoms with van der Waals surface area (Å²) in [6.45, 7) is 25.3. The fourth-order valence-corrected chi connectivity index (χ4v) is 6.01. The van der Waals surface area contributed by atoms with Crippen molar-refractivity contribution in [1.82, 2.24) is 9.80 Å². The molecule has 1 saturated heterocycles. The second-order valence-electron chi connectivity index (χ2n) is 17.0. The number of halogens is 1. The minimum absolute atomic E-state index is 0.0963. The molecule has 4 atom stereocenters. The Balaban J connectivity index is 0.00000562. The van der Waals surface area contributed by atoms with Crippen molar-refractivity contribution in [2.45, 2.75) is 149 Å². The number of alkyl halides is 1. The molecule has 0 N–H and O–H groups in total. The highest BCUT2D eigenvalue weighted by Crippen LogP contribution is 2.28. The summed E-state index contributed by atoms with van der Waals surface area (Å²) in [5, 5.41) is 0. The molecule has 59 heavy (non-hydrogen) atoms. The Labute approximate surface area is 352 Å². The van der Waals surface area contributed by atoms with Crippen molar-refractivity contribution in [3.63, 3.8) is 0 Å². The number of esters is 3. The highest BCUT2D eigenvalue weighted by atomic mass is 19.1. The quantitative estimate of drug-likeness (QED) is 0.0759. The lowest BCUT2D eigenvalue weighted by Crippen LogP contribution is -2.52. The van der Waals surface area contributed by atoms with E-state index >= 15 is 4.39 Å². The molecule has 2 rings (SSSR count). The number of benzene rings is 1. The Morgan fingerprint density at radius 3 is 1.93 bits per heavy atom. The molecule has 1 aromatic rings. The fraction of sp³-hybridized carbons (Fsp3) is 0.630. The first-order valence-electron chi connectivity index (χ1n) is 20.6. The third kappa shape index (κ3) is 19.4. The zero-order valence-corrected chi connectivity index (χ0v) is 37.6. The predicted octanol–water partition coefficient (Wildman–Crippen LogP) is 8.47. The number of nitrogens with zero attached hydrogens (tertiary/aromatic N) is 2. The van der Waals surface area contributed by atoms with E-state index in [1.54, 1.807) is 26.8 Å². The molecule has 0 aromatic heterocycles. The van der Waals surface area contributed by atoms with Crippen LogP contribution in [0.5, 0.6) is 0 Å². The van der Waals surface area contributed by atoms with Crippen LogP contribution in [0.4, 0.5) is 9.18 Å². The lowest BCUT2D eigenvalue weighted by molar-refractivity contribution is -0.173. The smallest absolute Gasteiger partial charge is 0.410 e. The van der Waals surface area contributed by atoms with Crippen LogP contribution in [0.1, 0.15) is 118 Å². The van der Waals surface area contributed by atoms with Gasteiger partial charge in [-0.05, 0) is 89.3 Å². The molecule has 0 aliphatic carbocycles. The van der Waals surface area contributed by atoms with E-state index in [2.05, 4.69) is 27.0 Å². The molecule has 1 aliphatic rings. The monoisotopic (exact) mass is 831 g/mol. The SMILES string of the molecule is C=C/C=C(\C=C)COC(=O)C(C)OC(=O)C(CC(C)C)N(C)C(=O)C(Cc1ccc(C2CCOCC2)cc1)OC(=O)C(CC(C)(C)F)N(C)C(=O)OC(C)(C)C.CCC. The molecule has 4 unspecified atom stereocenters. The third-order valence-corrected chi connectivity index (χ3v) is 9.11. The number of likely N-dealkylation sites (N-methyl/N-ethyl adjacent to an activating group) is 2. The summed E-state index contributed by atoms with van der Waals surface area (Å²) >= 11 is 0. The summed E-state index contributed by atoms with van der Waals surface area (Å²) in [7, 11) is 2.69. The molecular weight excluding hydrogens is 760 g/mol. The van der Waals surface area contributed by atoms with E-state index in [0.29, 0.717) is 30.3 Å². The Morgan fingerprint density at radius 1 is 0.881 bits per heavy atom. The van der Waals surface area contributed by atoms with Crippen molar-refractivity contribution >= 4 is 29.9 Å². The number of hydrogen-bond donors (Lipinski definition) is 0. The lowest BCUT2D eigenvalue weighted by Gasteiger charge is -2.34. The van der Waals surface area contributed by atoms with Gasteiger partial charge in [0.15, 0.2) is 12.2 Å². The topological polar surface area (TPSA) is 138 Å². The van der Waals surface area contributed by atoms with Crippen LogP contribution in [0.3, 0.4) is 0 Å².